The van der Waals surface area contributed by atoms with Crippen molar-refractivity contribution in [1.82, 2.24) is 0 Å². The number of Topliss-reactive ketones (excluding diaryl/α,β-unsaturated/α-hetero) is 1. The van der Waals surface area contributed by atoms with Crippen LogP contribution in [0.25, 0.3) is 0 Å². The number of rotatable bonds is 8. The number of thioether (sulfide) groups is 1. The number of hydrogen-bond donors (Lipinski definition) is 1. The molecule has 26 heavy (non-hydrogen) atoms. The molecule has 136 valence electrons. The summed E-state index contributed by atoms with van der Waals surface area (Å²) in [6.45, 7) is 1.26. The Hall–Kier alpha value is -2.67. The van der Waals surface area contributed by atoms with Crippen molar-refractivity contribution in [1.29, 1.82) is 0 Å². The second-order valence-electron chi connectivity index (χ2n) is 5.41. The SMILES string of the molecule is CC(SCC(=O)Nc1ccc(F)cc1)C(=O)OCC(=O)c1ccccc1. The Bertz CT molecular complexity index is 765. The van der Waals surface area contributed by atoms with Crippen molar-refractivity contribution in [3.63, 3.8) is 0 Å². The molecule has 0 aliphatic carbocycles. The zero-order valence-electron chi connectivity index (χ0n) is 14.1. The maximum Gasteiger partial charge on any atom is 0.319 e. The van der Waals surface area contributed by atoms with Gasteiger partial charge in [-0.2, -0.15) is 0 Å². The standard InChI is InChI=1S/C19H18FNO4S/c1-13(19(24)25-11-17(22)14-5-3-2-4-6-14)26-12-18(23)21-16-9-7-15(20)8-10-16/h2-10,13H,11-12H2,1H3,(H,21,23). The van der Waals surface area contributed by atoms with E-state index in [1.54, 1.807) is 37.3 Å². The summed E-state index contributed by atoms with van der Waals surface area (Å²) in [5.41, 5.74) is 0.944. The highest BCUT2D eigenvalue weighted by atomic mass is 32.2. The third kappa shape index (κ3) is 6.33. The van der Waals surface area contributed by atoms with E-state index < -0.39 is 17.0 Å². The Morgan fingerprint density at radius 2 is 1.73 bits per heavy atom. The summed E-state index contributed by atoms with van der Waals surface area (Å²) in [7, 11) is 0. The predicted molar refractivity (Wildman–Crippen MR) is 98.7 cm³/mol. The van der Waals surface area contributed by atoms with Gasteiger partial charge in [-0.15, -0.1) is 11.8 Å². The van der Waals surface area contributed by atoms with Crippen molar-refractivity contribution in [2.45, 2.75) is 12.2 Å². The van der Waals surface area contributed by atoms with Gasteiger partial charge < -0.3 is 10.1 Å². The smallest absolute Gasteiger partial charge is 0.319 e. The monoisotopic (exact) mass is 375 g/mol. The van der Waals surface area contributed by atoms with E-state index in [9.17, 15) is 18.8 Å². The second-order valence-corrected chi connectivity index (χ2v) is 6.73. The van der Waals surface area contributed by atoms with Gasteiger partial charge in [-0.1, -0.05) is 30.3 Å². The van der Waals surface area contributed by atoms with Gasteiger partial charge in [0.05, 0.1) is 5.75 Å². The first-order valence-electron chi connectivity index (χ1n) is 7.87. The van der Waals surface area contributed by atoms with Crippen molar-refractivity contribution in [2.24, 2.45) is 0 Å². The molecule has 0 aliphatic rings. The highest BCUT2D eigenvalue weighted by Gasteiger charge is 2.18. The van der Waals surface area contributed by atoms with Crippen LogP contribution in [0.1, 0.15) is 17.3 Å². The molecule has 2 aromatic carbocycles. The number of ketones is 1. The van der Waals surface area contributed by atoms with Crippen LogP contribution in [0, 0.1) is 5.82 Å². The number of hydrogen-bond acceptors (Lipinski definition) is 5. The number of benzene rings is 2. The van der Waals surface area contributed by atoms with Crippen LogP contribution in [0.4, 0.5) is 10.1 Å². The third-order valence-corrected chi connectivity index (χ3v) is 4.49. The molecule has 1 amide bonds. The maximum atomic E-state index is 12.8. The van der Waals surface area contributed by atoms with E-state index in [4.69, 9.17) is 4.74 Å². The molecule has 1 atom stereocenters. The first-order chi connectivity index (χ1) is 12.5. The molecule has 0 saturated heterocycles. The van der Waals surface area contributed by atoms with Gasteiger partial charge in [-0.3, -0.25) is 14.4 Å². The van der Waals surface area contributed by atoms with Gasteiger partial charge in [-0.25, -0.2) is 4.39 Å². The maximum absolute atomic E-state index is 12.8. The molecule has 0 radical (unpaired) electrons. The molecule has 1 N–H and O–H groups in total. The summed E-state index contributed by atoms with van der Waals surface area (Å²) >= 11 is 1.09. The first kappa shape index (κ1) is 19.7. The van der Waals surface area contributed by atoms with E-state index in [0.717, 1.165) is 11.8 Å². The lowest BCUT2D eigenvalue weighted by Gasteiger charge is -2.11. The summed E-state index contributed by atoms with van der Waals surface area (Å²) < 4.78 is 17.8. The zero-order valence-corrected chi connectivity index (χ0v) is 14.9. The number of anilines is 1. The Balaban J connectivity index is 1.72. The van der Waals surface area contributed by atoms with E-state index in [2.05, 4.69) is 5.32 Å². The van der Waals surface area contributed by atoms with Gasteiger partial charge in [0.1, 0.15) is 11.1 Å². The second kappa shape index (κ2) is 9.72. The van der Waals surface area contributed by atoms with E-state index >= 15 is 0 Å². The molecule has 2 rings (SSSR count). The number of amides is 1. The topological polar surface area (TPSA) is 72.5 Å². The number of carbonyl (C=O) groups excluding carboxylic acids is 3. The summed E-state index contributed by atoms with van der Waals surface area (Å²) in [5.74, 6) is -1.53. The zero-order chi connectivity index (χ0) is 18.9. The Labute approximate surface area is 154 Å². The summed E-state index contributed by atoms with van der Waals surface area (Å²) in [4.78, 5) is 35.7. The average molecular weight is 375 g/mol. The minimum absolute atomic E-state index is 0.0281. The molecule has 0 saturated carbocycles. The fraction of sp³-hybridized carbons (Fsp3) is 0.211. The number of nitrogens with one attached hydrogen (secondary N) is 1. The molecule has 0 bridgehead atoms. The van der Waals surface area contributed by atoms with Gasteiger partial charge in [0.15, 0.2) is 12.4 Å². The quantitative estimate of drug-likeness (QED) is 0.566. The molecule has 0 spiro atoms. The highest BCUT2D eigenvalue weighted by Crippen LogP contribution is 2.14. The lowest BCUT2D eigenvalue weighted by atomic mass is 10.1. The molecule has 2 aromatic rings. The van der Waals surface area contributed by atoms with Crippen LogP contribution in [0.3, 0.4) is 0 Å². The summed E-state index contributed by atoms with van der Waals surface area (Å²) in [6.07, 6.45) is 0. The van der Waals surface area contributed by atoms with Gasteiger partial charge in [0.2, 0.25) is 5.91 Å². The fourth-order valence-electron chi connectivity index (χ4n) is 1.96. The number of ether oxygens (including phenoxy) is 1. The molecule has 7 heteroatoms. The van der Waals surface area contributed by atoms with Crippen molar-refractivity contribution >= 4 is 35.1 Å². The highest BCUT2D eigenvalue weighted by molar-refractivity contribution is 8.01. The third-order valence-electron chi connectivity index (χ3n) is 3.37. The minimum atomic E-state index is -0.599. The van der Waals surface area contributed by atoms with Crippen LogP contribution in [-0.2, 0) is 14.3 Å². The van der Waals surface area contributed by atoms with Crippen LogP contribution in [-0.4, -0.2) is 35.3 Å². The minimum Gasteiger partial charge on any atom is -0.456 e. The number of esters is 1. The van der Waals surface area contributed by atoms with Crippen molar-refractivity contribution in [2.75, 3.05) is 17.7 Å². The van der Waals surface area contributed by atoms with Crippen LogP contribution < -0.4 is 5.32 Å². The Morgan fingerprint density at radius 3 is 2.38 bits per heavy atom. The summed E-state index contributed by atoms with van der Waals surface area (Å²) in [5, 5.41) is 2.00. The van der Waals surface area contributed by atoms with Crippen molar-refractivity contribution < 1.29 is 23.5 Å². The van der Waals surface area contributed by atoms with Crippen molar-refractivity contribution in [3.8, 4) is 0 Å². The Morgan fingerprint density at radius 1 is 1.08 bits per heavy atom. The number of carbonyl (C=O) groups is 3. The van der Waals surface area contributed by atoms with E-state index in [1.165, 1.54) is 24.3 Å². The molecule has 0 heterocycles. The molecule has 5 nitrogen and oxygen atoms in total. The largest absolute Gasteiger partial charge is 0.456 e. The summed E-state index contributed by atoms with van der Waals surface area (Å²) in [6, 6.07) is 13.9. The van der Waals surface area contributed by atoms with Gasteiger partial charge in [-0.05, 0) is 31.2 Å². The van der Waals surface area contributed by atoms with Crippen LogP contribution >= 0.6 is 11.8 Å². The lowest BCUT2D eigenvalue weighted by molar-refractivity contribution is -0.141. The predicted octanol–water partition coefficient (Wildman–Crippen LogP) is 3.31. The molecular formula is C19H18FNO4S. The fourth-order valence-corrected chi connectivity index (χ4v) is 2.64. The van der Waals surface area contributed by atoms with E-state index in [1.807, 2.05) is 0 Å². The average Bonchev–Trinajstić information content (AvgIpc) is 2.66. The van der Waals surface area contributed by atoms with Crippen LogP contribution in [0.15, 0.2) is 54.6 Å². The van der Waals surface area contributed by atoms with Crippen LogP contribution in [0.5, 0.6) is 0 Å². The Kier molecular flexibility index (Phi) is 7.35. The van der Waals surface area contributed by atoms with E-state index in [-0.39, 0.29) is 24.1 Å². The normalized spacial score (nSPS) is 11.5. The molecule has 0 aliphatic heterocycles. The molecule has 0 aromatic heterocycles. The molecular weight excluding hydrogens is 357 g/mol. The lowest BCUT2D eigenvalue weighted by Crippen LogP contribution is -2.23. The number of halogens is 1. The van der Waals surface area contributed by atoms with E-state index in [0.29, 0.717) is 11.3 Å². The molecule has 1 unspecified atom stereocenters. The van der Waals surface area contributed by atoms with Gasteiger partial charge in [0.25, 0.3) is 0 Å². The molecule has 0 fully saturated rings. The van der Waals surface area contributed by atoms with Crippen molar-refractivity contribution in [3.05, 3.63) is 66.0 Å². The van der Waals surface area contributed by atoms with Gasteiger partial charge in [0, 0.05) is 11.3 Å². The first-order valence-corrected chi connectivity index (χ1v) is 8.92. The van der Waals surface area contributed by atoms with Crippen LogP contribution in [0.2, 0.25) is 0 Å². The van der Waals surface area contributed by atoms with Gasteiger partial charge >= 0.3 is 5.97 Å².